The highest BCUT2D eigenvalue weighted by Crippen LogP contribution is 2.18. The number of benzene rings is 1. The van der Waals surface area contributed by atoms with Crippen LogP contribution in [0.2, 0.25) is 0 Å². The van der Waals surface area contributed by atoms with Crippen LogP contribution < -0.4 is 5.32 Å². The molecule has 1 aromatic heterocycles. The van der Waals surface area contributed by atoms with E-state index < -0.39 is 0 Å². The summed E-state index contributed by atoms with van der Waals surface area (Å²) in [6.45, 7) is 9.56. The van der Waals surface area contributed by atoms with Gasteiger partial charge in [-0.3, -0.25) is 14.6 Å². The van der Waals surface area contributed by atoms with E-state index in [1.807, 2.05) is 30.4 Å². The summed E-state index contributed by atoms with van der Waals surface area (Å²) in [6, 6.07) is 10.3. The number of carbonyl (C=O) groups excluding carboxylic acids is 1. The molecular formula is C19H25N3OS. The number of carbonyl (C=O) groups is 1. The van der Waals surface area contributed by atoms with Gasteiger partial charge < -0.3 is 5.32 Å². The minimum atomic E-state index is 0.0791. The molecule has 0 radical (unpaired) electrons. The summed E-state index contributed by atoms with van der Waals surface area (Å²) in [5.41, 5.74) is 3.28. The second-order valence-electron chi connectivity index (χ2n) is 6.43. The molecule has 3 rings (SSSR count). The average Bonchev–Trinajstić information content (AvgIpc) is 3.07. The van der Waals surface area contributed by atoms with E-state index in [2.05, 4.69) is 45.6 Å². The lowest BCUT2D eigenvalue weighted by molar-refractivity contribution is -0.117. The van der Waals surface area contributed by atoms with E-state index in [-0.39, 0.29) is 5.91 Å². The lowest BCUT2D eigenvalue weighted by Gasteiger charge is -2.34. The largest absolute Gasteiger partial charge is 0.325 e. The molecule has 0 atom stereocenters. The van der Waals surface area contributed by atoms with Crippen LogP contribution in [0.25, 0.3) is 0 Å². The van der Waals surface area contributed by atoms with E-state index in [9.17, 15) is 4.79 Å². The Bertz CT molecular complexity index is 676. The third-order valence-corrected chi connectivity index (χ3v) is 5.53. The van der Waals surface area contributed by atoms with Gasteiger partial charge in [0.2, 0.25) is 5.91 Å². The highest BCUT2D eigenvalue weighted by atomic mass is 32.1. The monoisotopic (exact) mass is 343 g/mol. The fourth-order valence-electron chi connectivity index (χ4n) is 3.01. The summed E-state index contributed by atoms with van der Waals surface area (Å²) in [6.07, 6.45) is 0. The number of piperazine rings is 1. The fraction of sp³-hybridized carbons (Fsp3) is 0.421. The number of anilines is 1. The first-order valence-electron chi connectivity index (χ1n) is 8.45. The van der Waals surface area contributed by atoms with Gasteiger partial charge >= 0.3 is 0 Å². The van der Waals surface area contributed by atoms with Gasteiger partial charge in [0, 0.05) is 43.3 Å². The molecule has 2 aromatic rings. The van der Waals surface area contributed by atoms with Crippen molar-refractivity contribution in [2.45, 2.75) is 20.4 Å². The third-order valence-electron chi connectivity index (χ3n) is 4.67. The molecule has 0 bridgehead atoms. The molecule has 4 nitrogen and oxygen atoms in total. The standard InChI is InChI=1S/C19H25N3OS/c1-15-5-3-7-18(16(15)2)20-19(23)14-22-10-8-21(9-11-22)13-17-6-4-12-24-17/h3-7,12H,8-11,13-14H2,1-2H3,(H,20,23). The Morgan fingerprint density at radius 3 is 2.54 bits per heavy atom. The molecule has 1 aliphatic heterocycles. The molecule has 0 saturated carbocycles. The molecule has 1 aliphatic rings. The van der Waals surface area contributed by atoms with E-state index in [0.29, 0.717) is 6.54 Å². The van der Waals surface area contributed by atoms with Gasteiger partial charge in [0.25, 0.3) is 0 Å². The minimum absolute atomic E-state index is 0.0791. The molecule has 1 fully saturated rings. The van der Waals surface area contributed by atoms with Crippen LogP contribution in [0.1, 0.15) is 16.0 Å². The van der Waals surface area contributed by atoms with Gasteiger partial charge in [-0.2, -0.15) is 0 Å². The summed E-state index contributed by atoms with van der Waals surface area (Å²) >= 11 is 1.81. The van der Waals surface area contributed by atoms with Gasteiger partial charge in [0.1, 0.15) is 0 Å². The maximum absolute atomic E-state index is 12.3. The van der Waals surface area contributed by atoms with E-state index >= 15 is 0 Å². The van der Waals surface area contributed by atoms with Crippen molar-refractivity contribution in [3.8, 4) is 0 Å². The number of amides is 1. The Labute approximate surface area is 148 Å². The van der Waals surface area contributed by atoms with Crippen LogP contribution in [0.4, 0.5) is 5.69 Å². The van der Waals surface area contributed by atoms with Crippen LogP contribution in [0, 0.1) is 13.8 Å². The van der Waals surface area contributed by atoms with E-state index in [1.165, 1.54) is 10.4 Å². The fourth-order valence-corrected chi connectivity index (χ4v) is 3.75. The van der Waals surface area contributed by atoms with E-state index in [4.69, 9.17) is 0 Å². The van der Waals surface area contributed by atoms with Crippen LogP contribution in [-0.2, 0) is 11.3 Å². The molecule has 5 heteroatoms. The number of hydrogen-bond acceptors (Lipinski definition) is 4. The molecular weight excluding hydrogens is 318 g/mol. The third kappa shape index (κ3) is 4.44. The van der Waals surface area contributed by atoms with Crippen molar-refractivity contribution < 1.29 is 4.79 Å². The van der Waals surface area contributed by atoms with Gasteiger partial charge in [0.05, 0.1) is 6.54 Å². The van der Waals surface area contributed by atoms with Crippen molar-refractivity contribution in [1.29, 1.82) is 0 Å². The molecule has 1 N–H and O–H groups in total. The summed E-state index contributed by atoms with van der Waals surface area (Å²) < 4.78 is 0. The molecule has 128 valence electrons. The Morgan fingerprint density at radius 2 is 1.83 bits per heavy atom. The lowest BCUT2D eigenvalue weighted by Crippen LogP contribution is -2.48. The number of thiophene rings is 1. The number of nitrogens with one attached hydrogen (secondary N) is 1. The molecule has 1 aromatic carbocycles. The Kier molecular flexibility index (Phi) is 5.66. The number of rotatable bonds is 5. The van der Waals surface area contributed by atoms with Gasteiger partial charge in [-0.25, -0.2) is 0 Å². The first-order valence-corrected chi connectivity index (χ1v) is 9.33. The summed E-state index contributed by atoms with van der Waals surface area (Å²) in [4.78, 5) is 18.4. The second kappa shape index (κ2) is 7.92. The molecule has 0 aliphatic carbocycles. The predicted molar refractivity (Wildman–Crippen MR) is 101 cm³/mol. The number of hydrogen-bond donors (Lipinski definition) is 1. The van der Waals surface area contributed by atoms with E-state index in [1.54, 1.807) is 0 Å². The second-order valence-corrected chi connectivity index (χ2v) is 7.46. The summed E-state index contributed by atoms with van der Waals surface area (Å²) in [7, 11) is 0. The smallest absolute Gasteiger partial charge is 0.238 e. The van der Waals surface area contributed by atoms with Crippen LogP contribution >= 0.6 is 11.3 Å². The van der Waals surface area contributed by atoms with Crippen molar-refractivity contribution >= 4 is 22.9 Å². The average molecular weight is 343 g/mol. The maximum Gasteiger partial charge on any atom is 0.238 e. The van der Waals surface area contributed by atoms with Crippen LogP contribution in [0.3, 0.4) is 0 Å². The van der Waals surface area contributed by atoms with Gasteiger partial charge in [-0.15, -0.1) is 11.3 Å². The molecule has 2 heterocycles. The quantitative estimate of drug-likeness (QED) is 0.906. The Balaban J connectivity index is 1.45. The van der Waals surface area contributed by atoms with Crippen LogP contribution in [0.5, 0.6) is 0 Å². The highest BCUT2D eigenvalue weighted by molar-refractivity contribution is 7.09. The van der Waals surface area contributed by atoms with E-state index in [0.717, 1.165) is 44.0 Å². The zero-order valence-corrected chi connectivity index (χ0v) is 15.2. The van der Waals surface area contributed by atoms with Crippen molar-refractivity contribution in [2.75, 3.05) is 38.0 Å². The van der Waals surface area contributed by atoms with Crippen molar-refractivity contribution in [1.82, 2.24) is 9.80 Å². The first kappa shape index (κ1) is 17.1. The summed E-state index contributed by atoms with van der Waals surface area (Å²) in [5, 5.41) is 5.18. The summed E-state index contributed by atoms with van der Waals surface area (Å²) in [5.74, 6) is 0.0791. The molecule has 1 saturated heterocycles. The molecule has 1 amide bonds. The topological polar surface area (TPSA) is 35.6 Å². The maximum atomic E-state index is 12.3. The zero-order chi connectivity index (χ0) is 16.9. The Morgan fingerprint density at radius 1 is 1.08 bits per heavy atom. The zero-order valence-electron chi connectivity index (χ0n) is 14.4. The van der Waals surface area contributed by atoms with Gasteiger partial charge in [-0.05, 0) is 42.5 Å². The first-order chi connectivity index (χ1) is 11.6. The molecule has 0 spiro atoms. The molecule has 0 unspecified atom stereocenters. The minimum Gasteiger partial charge on any atom is -0.325 e. The van der Waals surface area contributed by atoms with Crippen molar-refractivity contribution in [3.63, 3.8) is 0 Å². The van der Waals surface area contributed by atoms with Gasteiger partial charge in [0.15, 0.2) is 0 Å². The number of aryl methyl sites for hydroxylation is 1. The van der Waals surface area contributed by atoms with Crippen LogP contribution in [0.15, 0.2) is 35.7 Å². The normalized spacial score (nSPS) is 16.2. The molecule has 24 heavy (non-hydrogen) atoms. The lowest BCUT2D eigenvalue weighted by atomic mass is 10.1. The van der Waals surface area contributed by atoms with Crippen molar-refractivity contribution in [2.24, 2.45) is 0 Å². The van der Waals surface area contributed by atoms with Crippen LogP contribution in [-0.4, -0.2) is 48.4 Å². The predicted octanol–water partition coefficient (Wildman–Crippen LogP) is 3.12. The SMILES string of the molecule is Cc1cccc(NC(=O)CN2CCN(Cc3cccs3)CC2)c1C. The van der Waals surface area contributed by atoms with Gasteiger partial charge in [-0.1, -0.05) is 18.2 Å². The van der Waals surface area contributed by atoms with Crippen molar-refractivity contribution in [3.05, 3.63) is 51.7 Å². The Hall–Kier alpha value is -1.69. The number of nitrogens with zero attached hydrogens (tertiary/aromatic N) is 2. The highest BCUT2D eigenvalue weighted by Gasteiger charge is 2.19.